The van der Waals surface area contributed by atoms with Crippen molar-refractivity contribution in [3.63, 3.8) is 0 Å². The van der Waals surface area contributed by atoms with E-state index in [9.17, 15) is 14.7 Å². The Labute approximate surface area is 273 Å². The van der Waals surface area contributed by atoms with Crippen LogP contribution in [0, 0.1) is 5.41 Å². The molecule has 1 spiro atoms. The van der Waals surface area contributed by atoms with Crippen molar-refractivity contribution in [1.82, 2.24) is 14.7 Å². The van der Waals surface area contributed by atoms with Gasteiger partial charge in [-0.25, -0.2) is 9.48 Å². The van der Waals surface area contributed by atoms with Crippen LogP contribution in [0.2, 0.25) is 0 Å². The molecule has 9 nitrogen and oxygen atoms in total. The van der Waals surface area contributed by atoms with Crippen LogP contribution < -0.4 is 9.80 Å². The van der Waals surface area contributed by atoms with Gasteiger partial charge in [-0.2, -0.15) is 5.10 Å². The van der Waals surface area contributed by atoms with Crippen molar-refractivity contribution in [2.45, 2.75) is 18.4 Å². The number of anilines is 2. The van der Waals surface area contributed by atoms with E-state index in [4.69, 9.17) is 9.84 Å². The highest BCUT2D eigenvalue weighted by Gasteiger charge is 2.52. The number of benzene rings is 4. The highest BCUT2D eigenvalue weighted by atomic mass is 16.5. The molecule has 0 bridgehead atoms. The highest BCUT2D eigenvalue weighted by Crippen LogP contribution is 2.46. The van der Waals surface area contributed by atoms with Gasteiger partial charge in [0.2, 0.25) is 5.91 Å². The molecule has 1 aromatic heterocycles. The van der Waals surface area contributed by atoms with E-state index in [1.807, 2.05) is 29.2 Å². The number of carbonyl (C=O) groups excluding carboxylic acids is 1. The van der Waals surface area contributed by atoms with Gasteiger partial charge in [0.15, 0.2) is 5.82 Å². The van der Waals surface area contributed by atoms with Gasteiger partial charge in [-0.3, -0.25) is 4.79 Å². The van der Waals surface area contributed by atoms with Crippen molar-refractivity contribution in [1.29, 1.82) is 0 Å². The number of hydrogen-bond acceptors (Lipinski definition) is 5. The topological polar surface area (TPSA) is 91.1 Å². The molecule has 0 radical (unpaired) electrons. The minimum absolute atomic E-state index is 0.00752. The molecule has 0 aliphatic carbocycles. The molecule has 1 atom stereocenters. The molecule has 3 aliphatic rings. The molecule has 3 aliphatic heterocycles. The van der Waals surface area contributed by atoms with Crippen LogP contribution in [-0.2, 0) is 15.1 Å². The Morgan fingerprint density at radius 3 is 1.89 bits per heavy atom. The lowest BCUT2D eigenvalue weighted by Crippen LogP contribution is -2.40. The summed E-state index contributed by atoms with van der Waals surface area (Å²) in [5.74, 6) is 0.865. The molecule has 0 saturated carbocycles. The molecule has 4 heterocycles. The maximum Gasteiger partial charge on any atom is 0.407 e. The first-order chi connectivity index (χ1) is 23.0. The fourth-order valence-corrected chi connectivity index (χ4v) is 7.91. The smallest absolute Gasteiger partial charge is 0.407 e. The third kappa shape index (κ3) is 4.67. The van der Waals surface area contributed by atoms with E-state index in [-0.39, 0.29) is 12.5 Å². The number of fused-ring (bicyclic) bond motifs is 1. The number of hydrogen-bond donors (Lipinski definition) is 1. The summed E-state index contributed by atoms with van der Waals surface area (Å²) in [7, 11) is 0. The van der Waals surface area contributed by atoms with Gasteiger partial charge in [0, 0.05) is 43.8 Å². The lowest BCUT2D eigenvalue weighted by Gasteiger charge is -2.37. The number of rotatable bonds is 6. The van der Waals surface area contributed by atoms with Crippen molar-refractivity contribution in [2.75, 3.05) is 55.7 Å². The predicted molar refractivity (Wildman–Crippen MR) is 181 cm³/mol. The van der Waals surface area contributed by atoms with Crippen LogP contribution in [0.5, 0.6) is 0 Å². The van der Waals surface area contributed by atoms with Crippen LogP contribution in [0.4, 0.5) is 16.3 Å². The number of ether oxygens (including phenoxy) is 1. The number of carboxylic acid groups (broad SMARTS) is 1. The standard InChI is InChI=1S/C38H37N5O4/c44-35-37(18-20-41(27-37)36(45)46)19-21-42(35)31-16-17-33-32(26-31)34(40-22-24-47-25-23-40)39-43(33)38(28-10-4-1-5-11-28,29-12-6-2-7-13-29)30-14-8-3-9-15-30/h1-17,26H,18-25,27H2,(H,45,46)/t37-/m0/s1. The van der Waals surface area contributed by atoms with Crippen LogP contribution in [0.3, 0.4) is 0 Å². The summed E-state index contributed by atoms with van der Waals surface area (Å²) in [6.45, 7) is 3.85. The van der Waals surface area contributed by atoms with Gasteiger partial charge in [-0.05, 0) is 47.7 Å². The van der Waals surface area contributed by atoms with Crippen LogP contribution >= 0.6 is 0 Å². The Kier molecular flexibility index (Phi) is 7.21. The SMILES string of the molecule is O=C(O)N1CC[C@]2(CCN(c3ccc4c(c3)c(N3CCOCC3)nn4C(c3ccccc3)(c3ccccc3)c3ccccc3)C2=O)C1. The van der Waals surface area contributed by atoms with E-state index in [0.29, 0.717) is 52.2 Å². The van der Waals surface area contributed by atoms with Gasteiger partial charge < -0.3 is 24.5 Å². The number of carbonyl (C=O) groups is 2. The van der Waals surface area contributed by atoms with E-state index in [2.05, 4.69) is 94.5 Å². The first-order valence-electron chi connectivity index (χ1n) is 16.3. The first-order valence-corrected chi connectivity index (χ1v) is 16.3. The maximum atomic E-state index is 14.0. The largest absolute Gasteiger partial charge is 0.465 e. The van der Waals surface area contributed by atoms with E-state index in [0.717, 1.165) is 39.1 Å². The maximum absolute atomic E-state index is 14.0. The van der Waals surface area contributed by atoms with Crippen LogP contribution in [0.1, 0.15) is 29.5 Å². The molecule has 4 aromatic carbocycles. The molecule has 2 amide bonds. The number of aromatic nitrogens is 2. The quantitative estimate of drug-likeness (QED) is 0.239. The Bertz CT molecular complexity index is 1830. The van der Waals surface area contributed by atoms with Crippen molar-refractivity contribution in [3.8, 4) is 0 Å². The second-order valence-electron chi connectivity index (χ2n) is 12.8. The second kappa shape index (κ2) is 11.6. The molecule has 9 heteroatoms. The van der Waals surface area contributed by atoms with Gasteiger partial charge in [-0.1, -0.05) is 91.0 Å². The molecule has 1 N–H and O–H groups in total. The summed E-state index contributed by atoms with van der Waals surface area (Å²) in [5.41, 5.74) is 3.55. The number of amides is 2. The zero-order chi connectivity index (χ0) is 32.0. The average Bonchev–Trinajstić information content (AvgIpc) is 3.83. The first kappa shape index (κ1) is 29.3. The monoisotopic (exact) mass is 627 g/mol. The molecular weight excluding hydrogens is 590 g/mol. The van der Waals surface area contributed by atoms with Crippen LogP contribution in [-0.4, -0.2) is 77.7 Å². The fraction of sp³-hybridized carbons (Fsp3) is 0.289. The Hall–Kier alpha value is -5.15. The summed E-state index contributed by atoms with van der Waals surface area (Å²) in [5, 5.41) is 16.1. The third-order valence-corrected chi connectivity index (χ3v) is 10.3. The van der Waals surface area contributed by atoms with Crippen LogP contribution in [0.15, 0.2) is 109 Å². The van der Waals surface area contributed by atoms with Gasteiger partial charge in [0.05, 0.1) is 24.1 Å². The molecule has 8 rings (SSSR count). The summed E-state index contributed by atoms with van der Waals surface area (Å²) >= 11 is 0. The summed E-state index contributed by atoms with van der Waals surface area (Å²) in [6.07, 6.45) is 0.236. The van der Waals surface area contributed by atoms with Crippen LogP contribution in [0.25, 0.3) is 10.9 Å². The lowest BCUT2D eigenvalue weighted by atomic mass is 9.77. The van der Waals surface area contributed by atoms with E-state index in [1.54, 1.807) is 0 Å². The molecule has 47 heavy (non-hydrogen) atoms. The number of morpholine rings is 1. The van der Waals surface area contributed by atoms with Gasteiger partial charge in [0.1, 0.15) is 5.54 Å². The van der Waals surface area contributed by atoms with E-state index < -0.39 is 17.0 Å². The average molecular weight is 628 g/mol. The van der Waals surface area contributed by atoms with E-state index in [1.165, 1.54) is 4.90 Å². The van der Waals surface area contributed by atoms with Gasteiger partial charge >= 0.3 is 6.09 Å². The fourth-order valence-electron chi connectivity index (χ4n) is 7.91. The van der Waals surface area contributed by atoms with Crippen molar-refractivity contribution in [3.05, 3.63) is 126 Å². The van der Waals surface area contributed by atoms with Crippen molar-refractivity contribution >= 4 is 34.4 Å². The Balaban J connectivity index is 1.34. The minimum atomic E-state index is -0.962. The minimum Gasteiger partial charge on any atom is -0.465 e. The van der Waals surface area contributed by atoms with Gasteiger partial charge in [-0.15, -0.1) is 0 Å². The highest BCUT2D eigenvalue weighted by molar-refractivity contribution is 6.03. The zero-order valence-corrected chi connectivity index (χ0v) is 26.2. The molecular formula is C38H37N5O4. The normalized spacial score (nSPS) is 20.1. The molecule has 238 valence electrons. The summed E-state index contributed by atoms with van der Waals surface area (Å²) < 4.78 is 7.91. The summed E-state index contributed by atoms with van der Waals surface area (Å²) in [6, 6.07) is 37.8. The number of nitrogens with zero attached hydrogens (tertiary/aromatic N) is 5. The molecule has 5 aromatic rings. The summed E-state index contributed by atoms with van der Waals surface area (Å²) in [4.78, 5) is 31.2. The number of likely N-dealkylation sites (tertiary alicyclic amines) is 1. The predicted octanol–water partition coefficient (Wildman–Crippen LogP) is 5.82. The van der Waals surface area contributed by atoms with Gasteiger partial charge in [0.25, 0.3) is 0 Å². The molecule has 0 unspecified atom stereocenters. The lowest BCUT2D eigenvalue weighted by molar-refractivity contribution is -0.124. The second-order valence-corrected chi connectivity index (χ2v) is 12.8. The molecule has 3 fully saturated rings. The zero-order valence-electron chi connectivity index (χ0n) is 26.2. The Morgan fingerprint density at radius 2 is 1.34 bits per heavy atom. The van der Waals surface area contributed by atoms with Crippen molar-refractivity contribution < 1.29 is 19.4 Å². The molecule has 3 saturated heterocycles. The van der Waals surface area contributed by atoms with Crippen molar-refractivity contribution in [2.24, 2.45) is 5.41 Å². The van der Waals surface area contributed by atoms with E-state index >= 15 is 0 Å². The third-order valence-electron chi connectivity index (χ3n) is 10.3. The Morgan fingerprint density at radius 1 is 0.766 bits per heavy atom.